The molecule has 0 aromatic heterocycles. The Morgan fingerprint density at radius 2 is 2.00 bits per heavy atom. The van der Waals surface area contributed by atoms with Crippen molar-refractivity contribution in [1.82, 2.24) is 4.90 Å². The van der Waals surface area contributed by atoms with E-state index in [2.05, 4.69) is 22.6 Å². The molecule has 7 heavy (non-hydrogen) atoms. The Balaban J connectivity index is 2.49. The fourth-order valence-electron chi connectivity index (χ4n) is 0.297. The first-order chi connectivity index (χ1) is 3.39. The summed E-state index contributed by atoms with van der Waals surface area (Å²) in [6.45, 7) is 0. The Morgan fingerprint density at radius 3 is 2.29 bits per heavy atom. The Kier molecular flexibility index (Phi) is 2.00. The highest BCUT2D eigenvalue weighted by molar-refractivity contribution is 7.60. The van der Waals surface area contributed by atoms with Crippen molar-refractivity contribution in [2.24, 2.45) is 0 Å². The van der Waals surface area contributed by atoms with Gasteiger partial charge in [-0.2, -0.15) is 0 Å². The van der Waals surface area contributed by atoms with Gasteiger partial charge < -0.3 is 0 Å². The number of hydrogen-bond acceptors (Lipinski definition) is 1. The van der Waals surface area contributed by atoms with Crippen LogP contribution in [0.4, 0.5) is 0 Å². The summed E-state index contributed by atoms with van der Waals surface area (Å²) in [6, 6.07) is 0. The van der Waals surface area contributed by atoms with Gasteiger partial charge in [-0.1, -0.05) is 16.4 Å². The number of rotatable bonds is 0. The van der Waals surface area contributed by atoms with Crippen molar-refractivity contribution in [3.63, 3.8) is 0 Å². The van der Waals surface area contributed by atoms with Crippen molar-refractivity contribution in [3.05, 3.63) is 5.90 Å². The van der Waals surface area contributed by atoms with Crippen molar-refractivity contribution in [2.75, 3.05) is 7.05 Å². The molecule has 0 atom stereocenters. The second-order valence-corrected chi connectivity index (χ2v) is 3.03. The zero-order valence-corrected chi connectivity index (χ0v) is 5.79. The van der Waals surface area contributed by atoms with Gasteiger partial charge in [-0.25, -0.2) is 0 Å². The minimum Gasteiger partial charge on any atom is -0.253 e. The molecule has 1 heterocycles. The predicted octanol–water partition coefficient (Wildman–Crippen LogP) is 1.34. The third kappa shape index (κ3) is 1.69. The van der Waals surface area contributed by atoms with Crippen LogP contribution in [0.15, 0.2) is 0 Å². The van der Waals surface area contributed by atoms with Gasteiger partial charge in [0.2, 0.25) is 0 Å². The van der Waals surface area contributed by atoms with Gasteiger partial charge in [-0.3, -0.25) is 4.90 Å². The summed E-state index contributed by atoms with van der Waals surface area (Å²) in [6.07, 6.45) is 0. The van der Waals surface area contributed by atoms with Crippen LogP contribution in [-0.4, -0.2) is 23.8 Å². The molecule has 0 aromatic rings. The third-order valence-electron chi connectivity index (χ3n) is 0.595. The minimum atomic E-state index is 1.20. The first kappa shape index (κ1) is 5.44. The molecule has 0 fully saturated rings. The summed E-state index contributed by atoms with van der Waals surface area (Å²) in [5.41, 5.74) is 0. The van der Waals surface area contributed by atoms with Crippen LogP contribution in [0, 0.1) is 5.90 Å². The molecule has 0 aromatic carbocycles. The molecular formula is C4H5NP2. The van der Waals surface area contributed by atoms with Crippen molar-refractivity contribution in [2.45, 2.75) is 0 Å². The minimum absolute atomic E-state index is 1.20. The molecule has 1 aliphatic rings. The van der Waals surface area contributed by atoms with E-state index in [1.165, 1.54) is 16.4 Å². The Morgan fingerprint density at radius 1 is 1.43 bits per heavy atom. The van der Waals surface area contributed by atoms with Gasteiger partial charge in [0.15, 0.2) is 0 Å². The van der Waals surface area contributed by atoms with Gasteiger partial charge in [-0.15, -0.1) is 0 Å². The van der Waals surface area contributed by atoms with Gasteiger partial charge >= 0.3 is 0 Å². The monoisotopic (exact) mass is 129 g/mol. The molecule has 0 amide bonds. The van der Waals surface area contributed by atoms with E-state index in [-0.39, 0.29) is 0 Å². The lowest BCUT2D eigenvalue weighted by atomic mass is 11.0. The van der Waals surface area contributed by atoms with Crippen molar-refractivity contribution >= 4 is 28.2 Å². The van der Waals surface area contributed by atoms with Gasteiger partial charge in [0.25, 0.3) is 0 Å². The highest BCUT2D eigenvalue weighted by Crippen LogP contribution is 2.17. The summed E-state index contributed by atoms with van der Waals surface area (Å²) in [5.74, 6) is 7.24. The van der Waals surface area contributed by atoms with E-state index >= 15 is 0 Å². The van der Waals surface area contributed by atoms with Gasteiger partial charge in [0.1, 0.15) is 5.90 Å². The normalized spacial score (nSPS) is 25.3. The Hall–Kier alpha value is 0.300. The summed E-state index contributed by atoms with van der Waals surface area (Å²) in [4.78, 5) is 2.06. The van der Waals surface area contributed by atoms with Crippen LogP contribution in [0.25, 0.3) is 0 Å². The summed E-state index contributed by atoms with van der Waals surface area (Å²) < 4.78 is 0. The van der Waals surface area contributed by atoms with E-state index in [4.69, 9.17) is 0 Å². The maximum absolute atomic E-state index is 3.11. The quantitative estimate of drug-likeness (QED) is 0.446. The van der Waals surface area contributed by atoms with E-state index in [1.54, 1.807) is 0 Å². The molecule has 0 unspecified atom stereocenters. The van der Waals surface area contributed by atoms with E-state index < -0.39 is 0 Å². The van der Waals surface area contributed by atoms with Crippen LogP contribution in [0.2, 0.25) is 0 Å². The highest BCUT2D eigenvalue weighted by atomic mass is 31.1. The number of hydrogen-bond donors (Lipinski definition) is 0. The van der Waals surface area contributed by atoms with Crippen LogP contribution < -0.4 is 0 Å². The van der Waals surface area contributed by atoms with Crippen molar-refractivity contribution < 1.29 is 0 Å². The molecule has 0 aliphatic carbocycles. The average molecular weight is 129 g/mol. The standard InChI is InChI=1S/C4H5NP2/c1-5-2-6-4-7-3-5/h2-3H,1H3. The lowest BCUT2D eigenvalue weighted by Crippen LogP contribution is -2.11. The fourth-order valence-corrected chi connectivity index (χ4v) is 1.58. The van der Waals surface area contributed by atoms with E-state index in [0.29, 0.717) is 0 Å². The van der Waals surface area contributed by atoms with Gasteiger partial charge in [-0.05, 0) is 7.05 Å². The van der Waals surface area contributed by atoms with Crippen molar-refractivity contribution in [3.8, 4) is 0 Å². The summed E-state index contributed by atoms with van der Waals surface area (Å²) in [5, 5.41) is 0. The molecule has 3 heteroatoms. The van der Waals surface area contributed by atoms with Crippen LogP contribution in [-0.2, 0) is 0 Å². The van der Waals surface area contributed by atoms with E-state index in [1.807, 2.05) is 7.05 Å². The second kappa shape index (κ2) is 2.57. The molecule has 0 N–H and O–H groups in total. The molecular weight excluding hydrogens is 124 g/mol. The van der Waals surface area contributed by atoms with Crippen LogP contribution in [0.5, 0.6) is 0 Å². The van der Waals surface area contributed by atoms with E-state index in [0.717, 1.165) is 0 Å². The first-order valence-electron chi connectivity index (χ1n) is 1.93. The third-order valence-corrected chi connectivity index (χ3v) is 2.48. The van der Waals surface area contributed by atoms with Crippen LogP contribution >= 0.6 is 16.4 Å². The largest absolute Gasteiger partial charge is 0.253 e. The van der Waals surface area contributed by atoms with Crippen LogP contribution in [0.1, 0.15) is 0 Å². The summed E-state index contributed by atoms with van der Waals surface area (Å²) >= 11 is 0. The van der Waals surface area contributed by atoms with Gasteiger partial charge in [0.05, 0.1) is 0 Å². The smallest absolute Gasteiger partial charge is 0.101 e. The van der Waals surface area contributed by atoms with Crippen LogP contribution in [0.3, 0.4) is 0 Å². The molecule has 0 bridgehead atoms. The second-order valence-electron chi connectivity index (χ2n) is 1.25. The molecule has 1 nitrogen and oxygen atoms in total. The van der Waals surface area contributed by atoms with Gasteiger partial charge in [0, 0.05) is 11.8 Å². The molecule has 36 valence electrons. The lowest BCUT2D eigenvalue weighted by molar-refractivity contribution is 0.830. The first-order valence-corrected chi connectivity index (χ1v) is 3.85. The number of nitrogens with zero attached hydrogens (tertiary/aromatic N) is 1. The Labute approximate surface area is 46.9 Å². The highest BCUT2D eigenvalue weighted by Gasteiger charge is 1.88. The Bertz CT molecular complexity index is 96.3. The maximum Gasteiger partial charge on any atom is 0.101 e. The molecule has 2 radical (unpaired) electrons. The maximum atomic E-state index is 3.11. The van der Waals surface area contributed by atoms with Crippen molar-refractivity contribution in [1.29, 1.82) is 0 Å². The molecule has 1 rings (SSSR count). The zero-order chi connectivity index (χ0) is 5.11. The lowest BCUT2D eigenvalue weighted by Gasteiger charge is -2.03. The molecule has 0 saturated heterocycles. The molecule has 0 saturated carbocycles. The molecule has 1 aliphatic heterocycles. The SMILES string of the molecule is CN1C=P[C]P=C1. The average Bonchev–Trinajstić information content (AvgIpc) is 1.69. The molecule has 0 spiro atoms. The predicted molar refractivity (Wildman–Crippen MR) is 37.0 cm³/mol. The topological polar surface area (TPSA) is 3.24 Å². The fraction of sp³-hybridized carbons (Fsp3) is 0.250. The summed E-state index contributed by atoms with van der Waals surface area (Å²) in [7, 11) is 4.43. The zero-order valence-electron chi connectivity index (χ0n) is 4.00. The van der Waals surface area contributed by atoms with E-state index in [9.17, 15) is 0 Å².